The number of benzene rings is 2. The molecule has 4 heteroatoms. The molecule has 1 fully saturated rings. The average molecular weight is 279 g/mol. The zero-order valence-electron chi connectivity index (χ0n) is 11.2. The van der Waals surface area contributed by atoms with E-state index >= 15 is 0 Å². The van der Waals surface area contributed by atoms with E-state index in [1.807, 2.05) is 12.1 Å². The number of piperidine rings is 1. The highest BCUT2D eigenvalue weighted by Gasteiger charge is 2.43. The molecule has 1 heterocycles. The third-order valence-corrected chi connectivity index (χ3v) is 3.61. The molecule has 21 heavy (non-hydrogen) atoms. The Morgan fingerprint density at radius 3 is 1.38 bits per heavy atom. The minimum atomic E-state index is -0.936. The minimum Gasteiger partial charge on any atom is -0.297 e. The van der Waals surface area contributed by atoms with Gasteiger partial charge in [-0.2, -0.15) is 0 Å². The maximum Gasteiger partial charge on any atom is 0.241 e. The molecule has 4 nitrogen and oxygen atoms in total. The van der Waals surface area contributed by atoms with Gasteiger partial charge in [0.05, 0.1) is 0 Å². The highest BCUT2D eigenvalue weighted by atomic mass is 16.2. The highest BCUT2D eigenvalue weighted by Crippen LogP contribution is 2.30. The lowest BCUT2D eigenvalue weighted by Crippen LogP contribution is -2.49. The number of hydrogen-bond donors (Lipinski definition) is 1. The van der Waals surface area contributed by atoms with Crippen molar-refractivity contribution in [2.75, 3.05) is 0 Å². The molecule has 2 atom stereocenters. The molecule has 3 rings (SSSR count). The predicted molar refractivity (Wildman–Crippen MR) is 76.5 cm³/mol. The van der Waals surface area contributed by atoms with Crippen molar-refractivity contribution in [1.29, 1.82) is 0 Å². The van der Waals surface area contributed by atoms with Gasteiger partial charge in [0.15, 0.2) is 5.78 Å². The predicted octanol–water partition coefficient (Wildman–Crippen LogP) is 1.78. The fraction of sp³-hybridized carbons (Fsp3) is 0.118. The number of ketones is 1. The van der Waals surface area contributed by atoms with Crippen LogP contribution in [-0.2, 0) is 14.4 Å². The fourth-order valence-corrected chi connectivity index (χ4v) is 2.61. The first-order chi connectivity index (χ1) is 10.2. The van der Waals surface area contributed by atoms with E-state index in [-0.39, 0.29) is 5.78 Å². The number of nitrogens with one attached hydrogen (secondary N) is 1. The van der Waals surface area contributed by atoms with Gasteiger partial charge < -0.3 is 0 Å². The van der Waals surface area contributed by atoms with Gasteiger partial charge in [-0.3, -0.25) is 19.7 Å². The van der Waals surface area contributed by atoms with Crippen LogP contribution in [0.4, 0.5) is 0 Å². The van der Waals surface area contributed by atoms with Crippen LogP contribution in [0.25, 0.3) is 0 Å². The number of amides is 2. The Hall–Kier alpha value is -2.75. The molecule has 0 aliphatic carbocycles. The summed E-state index contributed by atoms with van der Waals surface area (Å²) in [5.41, 5.74) is 1.21. The number of rotatable bonds is 2. The van der Waals surface area contributed by atoms with E-state index in [0.717, 1.165) is 0 Å². The van der Waals surface area contributed by atoms with Crippen molar-refractivity contribution in [2.24, 2.45) is 0 Å². The first-order valence-electron chi connectivity index (χ1n) is 6.67. The summed E-state index contributed by atoms with van der Waals surface area (Å²) in [6.07, 6.45) is 0. The average Bonchev–Trinajstić information content (AvgIpc) is 2.49. The number of imide groups is 1. The number of Topliss-reactive ketones (excluding diaryl/α,β-unsaturated/α-hetero) is 1. The van der Waals surface area contributed by atoms with Gasteiger partial charge in [0.2, 0.25) is 11.8 Å². The van der Waals surface area contributed by atoms with Crippen molar-refractivity contribution >= 4 is 17.6 Å². The molecule has 0 bridgehead atoms. The molecule has 104 valence electrons. The van der Waals surface area contributed by atoms with Crippen LogP contribution in [0.2, 0.25) is 0 Å². The van der Waals surface area contributed by atoms with Crippen LogP contribution in [0.3, 0.4) is 0 Å². The Balaban J connectivity index is 2.02. The first kappa shape index (κ1) is 13.2. The van der Waals surface area contributed by atoms with Crippen molar-refractivity contribution < 1.29 is 14.4 Å². The molecule has 2 aromatic carbocycles. The molecule has 2 unspecified atom stereocenters. The maximum atomic E-state index is 12.7. The van der Waals surface area contributed by atoms with Gasteiger partial charge in [-0.05, 0) is 11.1 Å². The van der Waals surface area contributed by atoms with E-state index in [1.165, 1.54) is 0 Å². The minimum absolute atomic E-state index is 0.374. The monoisotopic (exact) mass is 279 g/mol. The normalized spacial score (nSPS) is 22.0. The van der Waals surface area contributed by atoms with Gasteiger partial charge in [-0.1, -0.05) is 60.7 Å². The van der Waals surface area contributed by atoms with Crippen molar-refractivity contribution in [3.05, 3.63) is 71.8 Å². The Bertz CT molecular complexity index is 635. The van der Waals surface area contributed by atoms with Crippen LogP contribution in [0.5, 0.6) is 0 Å². The van der Waals surface area contributed by atoms with Gasteiger partial charge in [-0.25, -0.2) is 0 Å². The second-order valence-corrected chi connectivity index (χ2v) is 4.94. The zero-order valence-corrected chi connectivity index (χ0v) is 11.2. The van der Waals surface area contributed by atoms with Crippen LogP contribution < -0.4 is 5.32 Å². The molecule has 0 radical (unpaired) electrons. The van der Waals surface area contributed by atoms with Gasteiger partial charge in [0.1, 0.15) is 11.8 Å². The maximum absolute atomic E-state index is 12.7. The molecule has 1 aliphatic heterocycles. The lowest BCUT2D eigenvalue weighted by atomic mass is 9.80. The smallest absolute Gasteiger partial charge is 0.241 e. The van der Waals surface area contributed by atoms with E-state index < -0.39 is 23.7 Å². The van der Waals surface area contributed by atoms with Crippen molar-refractivity contribution in [2.45, 2.75) is 11.8 Å². The van der Waals surface area contributed by atoms with Crippen LogP contribution in [0, 0.1) is 0 Å². The Labute approximate surface area is 121 Å². The van der Waals surface area contributed by atoms with Crippen LogP contribution >= 0.6 is 0 Å². The first-order valence-corrected chi connectivity index (χ1v) is 6.67. The molecule has 2 aromatic rings. The molecule has 1 aliphatic rings. The third kappa shape index (κ3) is 2.36. The summed E-state index contributed by atoms with van der Waals surface area (Å²) in [6, 6.07) is 17.6. The van der Waals surface area contributed by atoms with E-state index in [1.54, 1.807) is 48.5 Å². The summed E-state index contributed by atoms with van der Waals surface area (Å²) in [5, 5.41) is 2.31. The van der Waals surface area contributed by atoms with Gasteiger partial charge in [-0.15, -0.1) is 0 Å². The number of hydrogen-bond acceptors (Lipinski definition) is 3. The molecular formula is C17H13NO3. The quantitative estimate of drug-likeness (QED) is 0.673. The van der Waals surface area contributed by atoms with Crippen LogP contribution in [0.1, 0.15) is 23.0 Å². The molecule has 2 amide bonds. The highest BCUT2D eigenvalue weighted by molar-refractivity contribution is 6.25. The van der Waals surface area contributed by atoms with Crippen molar-refractivity contribution in [1.82, 2.24) is 5.32 Å². The summed E-state index contributed by atoms with van der Waals surface area (Å²) in [5.74, 6) is -3.35. The topological polar surface area (TPSA) is 63.2 Å². The summed E-state index contributed by atoms with van der Waals surface area (Å²) >= 11 is 0. The second-order valence-electron chi connectivity index (χ2n) is 4.94. The van der Waals surface area contributed by atoms with Crippen LogP contribution in [-0.4, -0.2) is 17.6 Å². The number of carbonyl (C=O) groups is 3. The molecular weight excluding hydrogens is 266 g/mol. The summed E-state index contributed by atoms with van der Waals surface area (Å²) in [6.45, 7) is 0. The van der Waals surface area contributed by atoms with Gasteiger partial charge >= 0.3 is 0 Å². The van der Waals surface area contributed by atoms with E-state index in [0.29, 0.717) is 11.1 Å². The van der Waals surface area contributed by atoms with Crippen molar-refractivity contribution in [3.63, 3.8) is 0 Å². The lowest BCUT2D eigenvalue weighted by Gasteiger charge is -2.27. The number of carbonyl (C=O) groups excluding carboxylic acids is 3. The Kier molecular flexibility index (Phi) is 3.36. The Morgan fingerprint density at radius 2 is 1.00 bits per heavy atom. The second kappa shape index (κ2) is 5.32. The van der Waals surface area contributed by atoms with Gasteiger partial charge in [0, 0.05) is 0 Å². The lowest BCUT2D eigenvalue weighted by molar-refractivity contribution is -0.142. The molecule has 0 spiro atoms. The summed E-state index contributed by atoms with van der Waals surface area (Å²) in [7, 11) is 0. The van der Waals surface area contributed by atoms with E-state index in [4.69, 9.17) is 0 Å². The van der Waals surface area contributed by atoms with Crippen LogP contribution in [0.15, 0.2) is 60.7 Å². The molecule has 1 saturated heterocycles. The molecule has 0 saturated carbocycles. The Morgan fingerprint density at radius 1 is 0.619 bits per heavy atom. The largest absolute Gasteiger partial charge is 0.297 e. The van der Waals surface area contributed by atoms with Crippen molar-refractivity contribution in [3.8, 4) is 0 Å². The molecule has 0 aromatic heterocycles. The van der Waals surface area contributed by atoms with E-state index in [2.05, 4.69) is 5.32 Å². The SMILES string of the molecule is O=C1NC(=O)C(c2ccccc2)C(=O)C1c1ccccc1. The van der Waals surface area contributed by atoms with Gasteiger partial charge in [0.25, 0.3) is 0 Å². The summed E-state index contributed by atoms with van der Waals surface area (Å²) < 4.78 is 0. The standard InChI is InChI=1S/C17H13NO3/c19-15-13(11-7-3-1-4-8-11)16(20)18-17(21)14(15)12-9-5-2-6-10-12/h1-10,13-14H,(H,18,20,21). The van der Waals surface area contributed by atoms with E-state index in [9.17, 15) is 14.4 Å². The summed E-state index contributed by atoms with van der Waals surface area (Å²) in [4.78, 5) is 36.7. The zero-order chi connectivity index (χ0) is 14.8. The third-order valence-electron chi connectivity index (χ3n) is 3.61. The molecule has 1 N–H and O–H groups in total. The fourth-order valence-electron chi connectivity index (χ4n) is 2.61.